The maximum Gasteiger partial charge on any atom is 0.236 e. The maximum atomic E-state index is 12.5. The summed E-state index contributed by atoms with van der Waals surface area (Å²) in [4.78, 5) is 20.3. The van der Waals surface area contributed by atoms with Gasteiger partial charge in [0.05, 0.1) is 17.0 Å². The Labute approximate surface area is 181 Å². The summed E-state index contributed by atoms with van der Waals surface area (Å²) in [7, 11) is 0. The van der Waals surface area contributed by atoms with E-state index in [1.54, 1.807) is 11.3 Å². The van der Waals surface area contributed by atoms with Crippen molar-refractivity contribution in [2.24, 2.45) is 0 Å². The molecule has 0 unspecified atom stereocenters. The molecule has 2 heterocycles. The van der Waals surface area contributed by atoms with Crippen LogP contribution in [0, 0.1) is 6.92 Å². The third-order valence-corrected chi connectivity index (χ3v) is 5.82. The van der Waals surface area contributed by atoms with Crippen molar-refractivity contribution in [2.45, 2.75) is 33.7 Å². The van der Waals surface area contributed by atoms with Crippen LogP contribution in [0.5, 0.6) is 5.75 Å². The van der Waals surface area contributed by atoms with Crippen LogP contribution in [0.1, 0.15) is 30.9 Å². The van der Waals surface area contributed by atoms with Crippen LogP contribution in [0.25, 0.3) is 10.8 Å². The summed E-state index contributed by atoms with van der Waals surface area (Å²) in [5.41, 5.74) is 1.63. The molecule has 0 saturated carbocycles. The minimum absolute atomic E-state index is 0.0953. The summed E-state index contributed by atoms with van der Waals surface area (Å²) in [5.74, 6) is 1.95. The van der Waals surface area contributed by atoms with Gasteiger partial charge in [-0.25, -0.2) is 4.98 Å². The van der Waals surface area contributed by atoms with Crippen LogP contribution in [-0.2, 0) is 17.8 Å². The highest BCUT2D eigenvalue weighted by Gasteiger charge is 2.15. The van der Waals surface area contributed by atoms with Crippen LogP contribution in [0.3, 0.4) is 0 Å². The number of carbonyl (C=O) groups excluding carboxylic acids is 1. The van der Waals surface area contributed by atoms with E-state index in [0.29, 0.717) is 30.5 Å². The van der Waals surface area contributed by atoms with Crippen molar-refractivity contribution in [1.29, 1.82) is 0 Å². The molecule has 0 radical (unpaired) electrons. The summed E-state index contributed by atoms with van der Waals surface area (Å²) < 4.78 is 11.7. The van der Waals surface area contributed by atoms with Crippen LogP contribution in [0.15, 0.2) is 46.2 Å². The van der Waals surface area contributed by atoms with Gasteiger partial charge in [0.1, 0.15) is 18.1 Å². The Morgan fingerprint density at radius 2 is 2.00 bits per heavy atom. The largest absolute Gasteiger partial charge is 0.492 e. The Hall–Kier alpha value is -2.64. The highest BCUT2D eigenvalue weighted by atomic mass is 32.1. The Morgan fingerprint density at radius 1 is 1.20 bits per heavy atom. The van der Waals surface area contributed by atoms with Crippen molar-refractivity contribution in [3.05, 3.63) is 58.8 Å². The number of nitrogens with one attached hydrogen (secondary N) is 1. The molecular weight excluding hydrogens is 398 g/mol. The van der Waals surface area contributed by atoms with Gasteiger partial charge in [0.15, 0.2) is 0 Å². The first-order chi connectivity index (χ1) is 14.6. The van der Waals surface area contributed by atoms with E-state index >= 15 is 0 Å². The molecule has 0 aliphatic carbocycles. The molecule has 0 bridgehead atoms. The standard InChI is InChI=1S/C23H29N3O3S/c1-4-26(5-2)12-13-28-20-10-7-6-9-18(20)16-24-22(27)15-19-17(3)29-23(25-19)21-11-8-14-30-21/h6-11,14H,4-5,12-13,15-16H2,1-3H3,(H,24,27). The van der Waals surface area contributed by atoms with Crippen molar-refractivity contribution in [2.75, 3.05) is 26.2 Å². The number of nitrogens with zero attached hydrogens (tertiary/aromatic N) is 2. The third-order valence-electron chi connectivity index (χ3n) is 4.96. The van der Waals surface area contributed by atoms with Gasteiger partial charge in [-0.15, -0.1) is 11.3 Å². The summed E-state index contributed by atoms with van der Waals surface area (Å²) >= 11 is 1.56. The van der Waals surface area contributed by atoms with Crippen molar-refractivity contribution >= 4 is 17.2 Å². The SMILES string of the molecule is CCN(CC)CCOc1ccccc1CNC(=O)Cc1nc(-c2cccs2)oc1C. The zero-order valence-electron chi connectivity index (χ0n) is 17.8. The number of oxazole rings is 1. The van der Waals surface area contributed by atoms with E-state index in [-0.39, 0.29) is 12.3 Å². The number of para-hydroxylation sites is 1. The first-order valence-corrected chi connectivity index (χ1v) is 11.2. The lowest BCUT2D eigenvalue weighted by atomic mass is 10.2. The Kier molecular flexibility index (Phi) is 8.04. The topological polar surface area (TPSA) is 67.6 Å². The van der Waals surface area contributed by atoms with Crippen molar-refractivity contribution in [3.63, 3.8) is 0 Å². The van der Waals surface area contributed by atoms with Crippen LogP contribution in [0.2, 0.25) is 0 Å². The number of aromatic nitrogens is 1. The van der Waals surface area contributed by atoms with Crippen molar-refractivity contribution < 1.29 is 13.9 Å². The first kappa shape index (κ1) is 22.1. The number of ether oxygens (including phenoxy) is 1. The lowest BCUT2D eigenvalue weighted by Crippen LogP contribution is -2.28. The van der Waals surface area contributed by atoms with Gasteiger partial charge in [-0.1, -0.05) is 38.1 Å². The highest BCUT2D eigenvalue weighted by Crippen LogP contribution is 2.26. The second-order valence-corrected chi connectivity index (χ2v) is 7.88. The lowest BCUT2D eigenvalue weighted by molar-refractivity contribution is -0.120. The van der Waals surface area contributed by atoms with Gasteiger partial charge in [-0.2, -0.15) is 0 Å². The first-order valence-electron chi connectivity index (χ1n) is 10.3. The summed E-state index contributed by atoms with van der Waals surface area (Å²) in [6, 6.07) is 11.7. The normalized spacial score (nSPS) is 11.1. The van der Waals surface area contributed by atoms with Gasteiger partial charge in [-0.05, 0) is 37.5 Å². The number of aryl methyl sites for hydroxylation is 1. The number of hydrogen-bond donors (Lipinski definition) is 1. The van der Waals surface area contributed by atoms with Gasteiger partial charge < -0.3 is 19.4 Å². The number of hydrogen-bond acceptors (Lipinski definition) is 6. The fourth-order valence-electron chi connectivity index (χ4n) is 3.12. The van der Waals surface area contributed by atoms with Crippen LogP contribution in [0.4, 0.5) is 0 Å². The van der Waals surface area contributed by atoms with E-state index in [1.165, 1.54) is 0 Å². The molecular formula is C23H29N3O3S. The Morgan fingerprint density at radius 3 is 2.73 bits per heavy atom. The smallest absolute Gasteiger partial charge is 0.236 e. The lowest BCUT2D eigenvalue weighted by Gasteiger charge is -2.19. The molecule has 6 nitrogen and oxygen atoms in total. The summed E-state index contributed by atoms with van der Waals surface area (Å²) in [6.07, 6.45) is 0.186. The van der Waals surface area contributed by atoms with E-state index in [0.717, 1.165) is 35.8 Å². The molecule has 160 valence electrons. The number of likely N-dealkylation sites (N-methyl/N-ethyl adjacent to an activating group) is 1. The molecule has 3 rings (SSSR count). The van der Waals surface area contributed by atoms with E-state index in [4.69, 9.17) is 9.15 Å². The predicted molar refractivity (Wildman–Crippen MR) is 120 cm³/mol. The Balaban J connectivity index is 1.54. The molecule has 0 saturated heterocycles. The van der Waals surface area contributed by atoms with E-state index < -0.39 is 0 Å². The van der Waals surface area contributed by atoms with Gasteiger partial charge in [0.2, 0.25) is 11.8 Å². The van der Waals surface area contributed by atoms with Crippen LogP contribution < -0.4 is 10.1 Å². The molecule has 2 aromatic heterocycles. The van der Waals surface area contributed by atoms with Crippen molar-refractivity contribution in [3.8, 4) is 16.5 Å². The predicted octanol–water partition coefficient (Wildman–Crippen LogP) is 4.29. The zero-order valence-corrected chi connectivity index (χ0v) is 18.6. The van der Waals surface area contributed by atoms with Gasteiger partial charge in [0, 0.05) is 18.7 Å². The zero-order chi connectivity index (χ0) is 21.3. The highest BCUT2D eigenvalue weighted by molar-refractivity contribution is 7.13. The number of benzene rings is 1. The van der Waals surface area contributed by atoms with Gasteiger partial charge >= 0.3 is 0 Å². The molecule has 1 amide bonds. The third kappa shape index (κ3) is 5.93. The minimum Gasteiger partial charge on any atom is -0.492 e. The molecule has 3 aromatic rings. The fraction of sp³-hybridized carbons (Fsp3) is 0.391. The van der Waals surface area contributed by atoms with Gasteiger partial charge in [0.25, 0.3) is 0 Å². The van der Waals surface area contributed by atoms with E-state index in [1.807, 2.05) is 48.7 Å². The molecule has 0 aliphatic rings. The quantitative estimate of drug-likeness (QED) is 0.494. The monoisotopic (exact) mass is 427 g/mol. The summed E-state index contributed by atoms with van der Waals surface area (Å²) in [6.45, 7) is 10.1. The molecule has 1 N–H and O–H groups in total. The molecule has 30 heavy (non-hydrogen) atoms. The molecule has 0 fully saturated rings. The molecule has 0 atom stereocenters. The summed E-state index contributed by atoms with van der Waals surface area (Å²) in [5, 5.41) is 4.95. The second kappa shape index (κ2) is 10.9. The maximum absolute atomic E-state index is 12.5. The number of rotatable bonds is 11. The van der Waals surface area contributed by atoms with Crippen LogP contribution in [-0.4, -0.2) is 42.0 Å². The molecule has 0 aliphatic heterocycles. The van der Waals surface area contributed by atoms with Crippen LogP contribution >= 0.6 is 11.3 Å². The van der Waals surface area contributed by atoms with E-state index in [9.17, 15) is 4.79 Å². The van der Waals surface area contributed by atoms with Gasteiger partial charge in [-0.3, -0.25) is 4.79 Å². The number of carbonyl (C=O) groups is 1. The fourth-order valence-corrected chi connectivity index (χ4v) is 3.77. The second-order valence-electron chi connectivity index (χ2n) is 6.94. The molecule has 0 spiro atoms. The Bertz CT molecular complexity index is 933. The average Bonchev–Trinajstić information content (AvgIpc) is 3.41. The molecule has 7 heteroatoms. The average molecular weight is 428 g/mol. The number of amides is 1. The number of thiophene rings is 1. The van der Waals surface area contributed by atoms with Crippen molar-refractivity contribution in [1.82, 2.24) is 15.2 Å². The minimum atomic E-state index is -0.0953. The molecule has 1 aromatic carbocycles. The van der Waals surface area contributed by atoms with E-state index in [2.05, 4.69) is 29.0 Å².